The van der Waals surface area contributed by atoms with E-state index >= 15 is 0 Å². The monoisotopic (exact) mass is 336 g/mol. The molecule has 5 heteroatoms. The molecule has 0 spiro atoms. The van der Waals surface area contributed by atoms with E-state index in [1.54, 1.807) is 12.3 Å². The lowest BCUT2D eigenvalue weighted by atomic mass is 10.2. The van der Waals surface area contributed by atoms with Gasteiger partial charge in [-0.15, -0.1) is 0 Å². The average Bonchev–Trinajstić information content (AvgIpc) is 2.95. The SMILES string of the molecule is O=C(C=Cc1ccccn1)NCc1ccc(N2CCCCCC2)nc1. The number of anilines is 1. The zero-order valence-electron chi connectivity index (χ0n) is 14.4. The van der Waals surface area contributed by atoms with Crippen molar-refractivity contribution in [3.63, 3.8) is 0 Å². The second-order valence-corrected chi connectivity index (χ2v) is 6.23. The average molecular weight is 336 g/mol. The topological polar surface area (TPSA) is 58.1 Å². The van der Waals surface area contributed by atoms with Crippen molar-refractivity contribution in [3.8, 4) is 0 Å². The summed E-state index contributed by atoms with van der Waals surface area (Å²) in [4.78, 5) is 23.0. The van der Waals surface area contributed by atoms with Gasteiger partial charge in [-0.1, -0.05) is 25.0 Å². The number of hydrogen-bond acceptors (Lipinski definition) is 4. The molecule has 1 amide bonds. The van der Waals surface area contributed by atoms with Gasteiger partial charge in [-0.3, -0.25) is 9.78 Å². The predicted octanol–water partition coefficient (Wildman–Crippen LogP) is 3.19. The van der Waals surface area contributed by atoms with Gasteiger partial charge in [-0.25, -0.2) is 4.98 Å². The van der Waals surface area contributed by atoms with Crippen LogP contribution in [0.4, 0.5) is 5.82 Å². The highest BCUT2D eigenvalue weighted by molar-refractivity contribution is 5.91. The van der Waals surface area contributed by atoms with Gasteiger partial charge in [0.1, 0.15) is 5.82 Å². The first-order chi connectivity index (χ1) is 12.3. The Bertz CT molecular complexity index is 689. The molecule has 0 aliphatic carbocycles. The van der Waals surface area contributed by atoms with Gasteiger partial charge in [0.25, 0.3) is 0 Å². The summed E-state index contributed by atoms with van der Waals surface area (Å²) in [7, 11) is 0. The fourth-order valence-electron chi connectivity index (χ4n) is 2.89. The van der Waals surface area contributed by atoms with E-state index in [-0.39, 0.29) is 5.91 Å². The number of carbonyl (C=O) groups is 1. The number of carbonyl (C=O) groups excluding carboxylic acids is 1. The van der Waals surface area contributed by atoms with Crippen molar-refractivity contribution >= 4 is 17.8 Å². The van der Waals surface area contributed by atoms with Crippen LogP contribution < -0.4 is 10.2 Å². The van der Waals surface area contributed by atoms with E-state index in [0.29, 0.717) is 6.54 Å². The van der Waals surface area contributed by atoms with Crippen LogP contribution in [0.5, 0.6) is 0 Å². The third-order valence-corrected chi connectivity index (χ3v) is 4.30. The van der Waals surface area contributed by atoms with E-state index in [0.717, 1.165) is 30.2 Å². The Morgan fingerprint density at radius 2 is 1.92 bits per heavy atom. The molecule has 3 rings (SSSR count). The Hall–Kier alpha value is -2.69. The van der Waals surface area contributed by atoms with E-state index in [4.69, 9.17) is 0 Å². The van der Waals surface area contributed by atoms with Gasteiger partial charge in [0.15, 0.2) is 0 Å². The number of rotatable bonds is 5. The summed E-state index contributed by atoms with van der Waals surface area (Å²) in [5.41, 5.74) is 1.76. The van der Waals surface area contributed by atoms with Gasteiger partial charge >= 0.3 is 0 Å². The van der Waals surface area contributed by atoms with Crippen molar-refractivity contribution in [2.75, 3.05) is 18.0 Å². The maximum Gasteiger partial charge on any atom is 0.244 e. The maximum absolute atomic E-state index is 11.9. The predicted molar refractivity (Wildman–Crippen MR) is 100 cm³/mol. The van der Waals surface area contributed by atoms with E-state index < -0.39 is 0 Å². The van der Waals surface area contributed by atoms with Crippen molar-refractivity contribution in [2.45, 2.75) is 32.2 Å². The zero-order chi connectivity index (χ0) is 17.3. The molecule has 0 radical (unpaired) electrons. The van der Waals surface area contributed by atoms with E-state index in [1.807, 2.05) is 30.5 Å². The molecular weight excluding hydrogens is 312 g/mol. The Kier molecular flexibility index (Phi) is 6.15. The molecule has 1 aliphatic heterocycles. The highest BCUT2D eigenvalue weighted by Gasteiger charge is 2.10. The normalized spacial score (nSPS) is 15.1. The Morgan fingerprint density at radius 1 is 1.08 bits per heavy atom. The Balaban J connectivity index is 1.49. The van der Waals surface area contributed by atoms with Crippen LogP contribution in [0.15, 0.2) is 48.8 Å². The smallest absolute Gasteiger partial charge is 0.244 e. The maximum atomic E-state index is 11.9. The number of amides is 1. The van der Waals surface area contributed by atoms with Crippen molar-refractivity contribution in [1.29, 1.82) is 0 Å². The molecule has 1 fully saturated rings. The fourth-order valence-corrected chi connectivity index (χ4v) is 2.89. The van der Waals surface area contributed by atoms with Crippen LogP contribution in [0.1, 0.15) is 36.9 Å². The second-order valence-electron chi connectivity index (χ2n) is 6.23. The number of hydrogen-bond donors (Lipinski definition) is 1. The summed E-state index contributed by atoms with van der Waals surface area (Å²) in [6.07, 6.45) is 11.9. The first kappa shape index (κ1) is 17.1. The summed E-state index contributed by atoms with van der Waals surface area (Å²) in [5, 5.41) is 2.87. The Morgan fingerprint density at radius 3 is 2.60 bits per heavy atom. The number of aromatic nitrogens is 2. The molecule has 0 unspecified atom stereocenters. The highest BCUT2D eigenvalue weighted by atomic mass is 16.1. The van der Waals surface area contributed by atoms with Crippen molar-refractivity contribution in [2.24, 2.45) is 0 Å². The number of pyridine rings is 2. The first-order valence-corrected chi connectivity index (χ1v) is 8.88. The molecule has 2 aromatic rings. The van der Waals surface area contributed by atoms with Crippen molar-refractivity contribution in [1.82, 2.24) is 15.3 Å². The molecule has 2 aromatic heterocycles. The van der Waals surface area contributed by atoms with Crippen molar-refractivity contribution < 1.29 is 4.79 Å². The molecular formula is C20H24N4O. The van der Waals surface area contributed by atoms with Crippen molar-refractivity contribution in [3.05, 3.63) is 60.1 Å². The summed E-state index contributed by atoms with van der Waals surface area (Å²) >= 11 is 0. The molecule has 1 N–H and O–H groups in total. The molecule has 1 saturated heterocycles. The molecule has 0 bridgehead atoms. The quantitative estimate of drug-likeness (QED) is 0.852. The lowest BCUT2D eigenvalue weighted by molar-refractivity contribution is -0.116. The van der Waals surface area contributed by atoms with E-state index in [2.05, 4.69) is 26.3 Å². The van der Waals surface area contributed by atoms with Gasteiger partial charge in [-0.05, 0) is 42.7 Å². The third kappa shape index (κ3) is 5.41. The van der Waals surface area contributed by atoms with E-state index in [9.17, 15) is 4.79 Å². The van der Waals surface area contributed by atoms with Gasteiger partial charge in [0, 0.05) is 38.1 Å². The van der Waals surface area contributed by atoms with Crippen LogP contribution in [0.2, 0.25) is 0 Å². The van der Waals surface area contributed by atoms with Gasteiger partial charge in [-0.2, -0.15) is 0 Å². The second kappa shape index (κ2) is 8.97. The number of nitrogens with zero attached hydrogens (tertiary/aromatic N) is 3. The molecule has 3 heterocycles. The minimum atomic E-state index is -0.137. The summed E-state index contributed by atoms with van der Waals surface area (Å²) < 4.78 is 0. The third-order valence-electron chi connectivity index (χ3n) is 4.30. The van der Waals surface area contributed by atoms with Gasteiger partial charge in [0.2, 0.25) is 5.91 Å². The fraction of sp³-hybridized carbons (Fsp3) is 0.350. The van der Waals surface area contributed by atoms with Crippen LogP contribution in [-0.2, 0) is 11.3 Å². The lowest BCUT2D eigenvalue weighted by Gasteiger charge is -2.21. The number of nitrogens with one attached hydrogen (secondary N) is 1. The summed E-state index contributed by atoms with van der Waals surface area (Å²) in [6, 6.07) is 9.68. The summed E-state index contributed by atoms with van der Waals surface area (Å²) in [6.45, 7) is 2.64. The minimum absolute atomic E-state index is 0.137. The Labute approximate surface area is 148 Å². The largest absolute Gasteiger partial charge is 0.357 e. The van der Waals surface area contributed by atoms with Gasteiger partial charge in [0.05, 0.1) is 5.69 Å². The molecule has 25 heavy (non-hydrogen) atoms. The van der Waals surface area contributed by atoms with Crippen LogP contribution in [0.3, 0.4) is 0 Å². The minimum Gasteiger partial charge on any atom is -0.357 e. The highest BCUT2D eigenvalue weighted by Crippen LogP contribution is 2.17. The van der Waals surface area contributed by atoms with Crippen LogP contribution in [0, 0.1) is 0 Å². The molecule has 1 aliphatic rings. The lowest BCUT2D eigenvalue weighted by Crippen LogP contribution is -2.25. The van der Waals surface area contributed by atoms with Crippen LogP contribution in [0.25, 0.3) is 6.08 Å². The van der Waals surface area contributed by atoms with Crippen LogP contribution in [-0.4, -0.2) is 29.0 Å². The van der Waals surface area contributed by atoms with E-state index in [1.165, 1.54) is 31.8 Å². The molecule has 0 aromatic carbocycles. The summed E-state index contributed by atoms with van der Waals surface area (Å²) in [5.74, 6) is 0.897. The standard InChI is InChI=1S/C20H24N4O/c25-20(11-9-18-7-3-4-12-21-18)23-16-17-8-10-19(22-15-17)24-13-5-1-2-6-14-24/h3-4,7-12,15H,1-2,5-6,13-14,16H2,(H,23,25). The van der Waals surface area contributed by atoms with Gasteiger partial charge < -0.3 is 10.2 Å². The molecule has 0 atom stereocenters. The first-order valence-electron chi connectivity index (χ1n) is 8.88. The van der Waals surface area contributed by atoms with Crippen LogP contribution >= 0.6 is 0 Å². The molecule has 0 saturated carbocycles. The zero-order valence-corrected chi connectivity index (χ0v) is 14.4. The molecule has 130 valence electrons. The molecule has 5 nitrogen and oxygen atoms in total.